The van der Waals surface area contributed by atoms with Crippen LogP contribution in [-0.2, 0) is 9.59 Å². The summed E-state index contributed by atoms with van der Waals surface area (Å²) in [7, 11) is 0. The molecule has 0 aliphatic heterocycles. The molecular formula is C20H41NaO4. The van der Waals surface area contributed by atoms with Gasteiger partial charge in [0, 0.05) is 13.3 Å². The van der Waals surface area contributed by atoms with Crippen LogP contribution in [0.1, 0.15) is 118 Å². The van der Waals surface area contributed by atoms with Gasteiger partial charge in [-0.05, 0) is 6.42 Å². The zero-order valence-corrected chi connectivity index (χ0v) is 19.0. The van der Waals surface area contributed by atoms with Crippen molar-refractivity contribution in [3.63, 3.8) is 0 Å². The van der Waals surface area contributed by atoms with Gasteiger partial charge < -0.3 is 11.6 Å². The van der Waals surface area contributed by atoms with Crippen LogP contribution in [0.3, 0.4) is 0 Å². The van der Waals surface area contributed by atoms with Crippen LogP contribution in [0, 0.1) is 0 Å². The fourth-order valence-corrected chi connectivity index (χ4v) is 2.65. The van der Waals surface area contributed by atoms with Gasteiger partial charge in [-0.25, -0.2) is 0 Å². The molecule has 0 aromatic heterocycles. The van der Waals surface area contributed by atoms with Gasteiger partial charge in [0.25, 0.3) is 5.97 Å². The van der Waals surface area contributed by atoms with Gasteiger partial charge in [0.1, 0.15) is 0 Å². The largest absolute Gasteiger partial charge is 1.00 e. The number of carboxylic acid groups (broad SMARTS) is 2. The molecule has 0 amide bonds. The molecule has 0 saturated carbocycles. The van der Waals surface area contributed by atoms with Crippen LogP contribution < -0.4 is 29.6 Å². The van der Waals surface area contributed by atoms with E-state index in [0.717, 1.165) is 19.8 Å². The van der Waals surface area contributed by atoms with E-state index in [1.54, 1.807) is 0 Å². The van der Waals surface area contributed by atoms with Gasteiger partial charge in [-0.15, -0.1) is 0 Å². The van der Waals surface area contributed by atoms with E-state index >= 15 is 0 Å². The van der Waals surface area contributed by atoms with E-state index in [1.807, 2.05) is 0 Å². The summed E-state index contributed by atoms with van der Waals surface area (Å²) in [6.07, 6.45) is 20.2. The Kier molecular flexibility index (Phi) is 31.1. The molecule has 0 atom stereocenters. The smallest absolute Gasteiger partial charge is 1.00 e. The molecule has 146 valence electrons. The van der Waals surface area contributed by atoms with Crippen molar-refractivity contribution in [2.45, 2.75) is 117 Å². The fraction of sp³-hybridized carbons (Fsp3) is 0.900. The average Bonchev–Trinajstić information content (AvgIpc) is 2.50. The predicted molar refractivity (Wildman–Crippen MR) is 102 cm³/mol. The number of aliphatic carboxylic acids is 2. The third-order valence-corrected chi connectivity index (χ3v) is 3.99. The molecule has 25 heavy (non-hydrogen) atoms. The topological polar surface area (TPSA) is 74.6 Å². The van der Waals surface area contributed by atoms with Gasteiger partial charge in [0.05, 0.1) is 0 Å². The van der Waals surface area contributed by atoms with Crippen molar-refractivity contribution in [1.82, 2.24) is 0 Å². The van der Waals surface area contributed by atoms with E-state index in [-0.39, 0.29) is 31.0 Å². The van der Waals surface area contributed by atoms with E-state index in [0.29, 0.717) is 6.42 Å². The summed E-state index contributed by atoms with van der Waals surface area (Å²) < 4.78 is 0. The van der Waals surface area contributed by atoms with E-state index in [1.165, 1.54) is 83.5 Å². The van der Waals surface area contributed by atoms with Crippen molar-refractivity contribution in [3.8, 4) is 0 Å². The van der Waals surface area contributed by atoms with Crippen molar-refractivity contribution < 1.29 is 50.8 Å². The summed E-state index contributed by atoms with van der Waals surface area (Å²) in [4.78, 5) is 19.3. The second-order valence-corrected chi connectivity index (χ2v) is 6.61. The average molecular weight is 369 g/mol. The Balaban J connectivity index is -0.000000363. The molecular weight excluding hydrogens is 327 g/mol. The first kappa shape index (κ1) is 29.7. The monoisotopic (exact) mass is 368 g/mol. The van der Waals surface area contributed by atoms with Crippen LogP contribution in [0.2, 0.25) is 0 Å². The first-order valence-corrected chi connectivity index (χ1v) is 9.92. The molecule has 0 radical (unpaired) electrons. The zero-order chi connectivity index (χ0) is 18.5. The second-order valence-electron chi connectivity index (χ2n) is 6.61. The minimum Gasteiger partial charge on any atom is -1.00 e. The second kappa shape index (κ2) is 26.2. The van der Waals surface area contributed by atoms with Gasteiger partial charge in [0.15, 0.2) is 0 Å². The zero-order valence-electron chi connectivity index (χ0n) is 18.0. The maximum absolute atomic E-state index is 10.3. The summed E-state index contributed by atoms with van der Waals surface area (Å²) in [5.74, 6) is -1.49. The predicted octanol–water partition coefficient (Wildman–Crippen LogP) is 3.54. The van der Waals surface area contributed by atoms with Crippen molar-refractivity contribution in [1.29, 1.82) is 0 Å². The minimum absolute atomic E-state index is 0. The Morgan fingerprint density at radius 2 is 0.880 bits per heavy atom. The van der Waals surface area contributed by atoms with Gasteiger partial charge >= 0.3 is 35.5 Å². The molecule has 0 aliphatic carbocycles. The summed E-state index contributed by atoms with van der Waals surface area (Å²) in [6, 6.07) is 0. The molecule has 0 spiro atoms. The number of carboxylic acids is 2. The van der Waals surface area contributed by atoms with Crippen LogP contribution in [-0.4, -0.2) is 22.2 Å². The molecule has 0 saturated heterocycles. The Bertz CT molecular complexity index is 285. The van der Waals surface area contributed by atoms with Crippen LogP contribution in [0.25, 0.3) is 0 Å². The number of hydrogen-bond donors (Lipinski definition) is 2. The fourth-order valence-electron chi connectivity index (χ4n) is 2.65. The quantitative estimate of drug-likeness (QED) is 0.323. The van der Waals surface area contributed by atoms with Crippen LogP contribution in [0.5, 0.6) is 0 Å². The summed E-state index contributed by atoms with van der Waals surface area (Å²) in [5, 5.41) is 15.9. The normalized spacial score (nSPS) is 9.68. The van der Waals surface area contributed by atoms with Crippen LogP contribution >= 0.6 is 0 Å². The third kappa shape index (κ3) is 40.2. The molecule has 0 bridgehead atoms. The molecule has 0 fully saturated rings. The number of carbonyl (C=O) groups is 2. The maximum atomic E-state index is 10.3. The number of hydrogen-bond acceptors (Lipinski definition) is 2. The Labute approximate surface area is 178 Å². The van der Waals surface area contributed by atoms with Crippen molar-refractivity contribution in [2.75, 3.05) is 0 Å². The van der Waals surface area contributed by atoms with Gasteiger partial charge in [-0.3, -0.25) is 9.59 Å². The SMILES string of the molecule is CC(=O)O.CCCCCCCCCCCCCCCCCC(=O)O.[H-].[Na+]. The molecule has 0 aromatic carbocycles. The van der Waals surface area contributed by atoms with Crippen molar-refractivity contribution in [3.05, 3.63) is 0 Å². The maximum Gasteiger partial charge on any atom is 1.00 e. The first-order valence-electron chi connectivity index (χ1n) is 9.92. The van der Waals surface area contributed by atoms with Crippen molar-refractivity contribution in [2.24, 2.45) is 0 Å². The molecule has 0 aliphatic rings. The van der Waals surface area contributed by atoms with E-state index in [2.05, 4.69) is 6.92 Å². The number of rotatable bonds is 16. The number of unbranched alkanes of at least 4 members (excludes halogenated alkanes) is 14. The first-order chi connectivity index (χ1) is 11.5. The van der Waals surface area contributed by atoms with E-state index in [9.17, 15) is 4.79 Å². The molecule has 0 rings (SSSR count). The van der Waals surface area contributed by atoms with E-state index < -0.39 is 11.9 Å². The Morgan fingerprint density at radius 1 is 0.640 bits per heavy atom. The Hall–Kier alpha value is -0.0600. The third-order valence-electron chi connectivity index (χ3n) is 3.99. The van der Waals surface area contributed by atoms with Gasteiger partial charge in [-0.2, -0.15) is 0 Å². The molecule has 0 aromatic rings. The van der Waals surface area contributed by atoms with Crippen LogP contribution in [0.4, 0.5) is 0 Å². The van der Waals surface area contributed by atoms with Crippen molar-refractivity contribution >= 4 is 11.9 Å². The Morgan fingerprint density at radius 3 is 1.12 bits per heavy atom. The molecule has 0 heterocycles. The van der Waals surface area contributed by atoms with Gasteiger partial charge in [-0.1, -0.05) is 96.8 Å². The molecule has 2 N–H and O–H groups in total. The summed E-state index contributed by atoms with van der Waals surface area (Å²) >= 11 is 0. The minimum atomic E-state index is -0.833. The summed E-state index contributed by atoms with van der Waals surface area (Å²) in [6.45, 7) is 3.35. The van der Waals surface area contributed by atoms with E-state index in [4.69, 9.17) is 15.0 Å². The molecule has 4 nitrogen and oxygen atoms in total. The van der Waals surface area contributed by atoms with Gasteiger partial charge in [0.2, 0.25) is 0 Å². The molecule has 0 unspecified atom stereocenters. The standard InChI is InChI=1S/C18H36O2.C2H4O2.Na.H/c1-2-3-4-5-6-7-8-9-10-11-12-13-14-15-16-17-18(19)20;1-2(3)4;;/h2-17H2,1H3,(H,19,20);1H3,(H,3,4);;/q;;+1;-1. The molecule has 5 heteroatoms. The summed E-state index contributed by atoms with van der Waals surface area (Å²) in [5.41, 5.74) is 0. The van der Waals surface area contributed by atoms with Crippen LogP contribution in [0.15, 0.2) is 0 Å².